The Bertz CT molecular complexity index is 1430. The highest BCUT2D eigenvalue weighted by atomic mass is 35.5. The van der Waals surface area contributed by atoms with Gasteiger partial charge in [0.05, 0.1) is 47.4 Å². The third-order valence-electron chi connectivity index (χ3n) is 6.50. The van der Waals surface area contributed by atoms with Gasteiger partial charge in [-0.15, -0.1) is 0 Å². The summed E-state index contributed by atoms with van der Waals surface area (Å²) < 4.78 is 1.90. The van der Waals surface area contributed by atoms with E-state index in [1.165, 1.54) is 18.7 Å². The van der Waals surface area contributed by atoms with Crippen molar-refractivity contribution in [1.82, 2.24) is 34.8 Å². The maximum Gasteiger partial charge on any atom is 0.0961 e. The number of halogens is 1. The van der Waals surface area contributed by atoms with E-state index in [-0.39, 0.29) is 0 Å². The molecule has 0 unspecified atom stereocenters. The van der Waals surface area contributed by atoms with Gasteiger partial charge in [0.15, 0.2) is 0 Å². The molecule has 0 aliphatic carbocycles. The molecule has 1 aromatic carbocycles. The van der Waals surface area contributed by atoms with Crippen molar-refractivity contribution in [2.24, 2.45) is 0 Å². The number of H-pyrrole nitrogens is 2. The Morgan fingerprint density at radius 1 is 1.12 bits per heavy atom. The normalized spacial score (nSPS) is 15.1. The Hall–Kier alpha value is -3.20. The topological polar surface area (TPSA) is 95.0 Å². The molecule has 6 rings (SSSR count). The molecule has 9 heteroatoms. The van der Waals surface area contributed by atoms with E-state index in [0.29, 0.717) is 11.6 Å². The van der Waals surface area contributed by atoms with Crippen molar-refractivity contribution < 1.29 is 5.32 Å². The molecule has 0 bridgehead atoms. The lowest BCUT2D eigenvalue weighted by Gasteiger charge is -2.25. The number of aromatic amines is 2. The van der Waals surface area contributed by atoms with Crippen LogP contribution in [0, 0.1) is 6.92 Å². The predicted octanol–water partition coefficient (Wildman–Crippen LogP) is 2.69. The molecule has 8 nitrogen and oxygen atoms in total. The highest BCUT2D eigenvalue weighted by Gasteiger charge is 2.18. The summed E-state index contributed by atoms with van der Waals surface area (Å²) in [6.07, 6.45) is 7.68. The van der Waals surface area contributed by atoms with Gasteiger partial charge in [-0.3, -0.25) is 19.7 Å². The molecule has 5 aromatic rings. The lowest BCUT2D eigenvalue weighted by Crippen LogP contribution is -2.89. The monoisotopic (exact) mass is 461 g/mol. The molecule has 1 aliphatic heterocycles. The molecule has 0 saturated carbocycles. The van der Waals surface area contributed by atoms with Gasteiger partial charge in [0.1, 0.15) is 0 Å². The van der Waals surface area contributed by atoms with Crippen molar-refractivity contribution in [3.8, 4) is 11.1 Å². The molecule has 0 spiro atoms. The van der Waals surface area contributed by atoms with Crippen molar-refractivity contribution in [3.63, 3.8) is 0 Å². The number of nitrogens with two attached hydrogens (primary N) is 1. The van der Waals surface area contributed by atoms with Gasteiger partial charge in [0, 0.05) is 66.0 Å². The first kappa shape index (κ1) is 20.4. The molecular weight excluding hydrogens is 436 g/mol. The highest BCUT2D eigenvalue weighted by molar-refractivity contribution is 6.38. The van der Waals surface area contributed by atoms with Crippen LogP contribution in [-0.2, 0) is 13.1 Å². The van der Waals surface area contributed by atoms with Crippen LogP contribution in [0.15, 0.2) is 43.0 Å². The summed E-state index contributed by atoms with van der Waals surface area (Å²) >= 11 is 6.91. The van der Waals surface area contributed by atoms with E-state index in [1.807, 2.05) is 35.4 Å². The first-order valence-corrected chi connectivity index (χ1v) is 11.7. The van der Waals surface area contributed by atoms with Crippen molar-refractivity contribution in [1.29, 1.82) is 0 Å². The minimum absolute atomic E-state index is 0.641. The van der Waals surface area contributed by atoms with Crippen LogP contribution in [-0.4, -0.2) is 61.0 Å². The number of rotatable bonds is 5. The summed E-state index contributed by atoms with van der Waals surface area (Å²) in [5.74, 6) is 0. The standard InChI is InChI=1S/C24H25ClN8/c1-15-17(13-32-6-4-26-5-7-32)8-22-24(30-15)19(11-27-22)18-2-3-21-20(23(18)25)14-33(31-21)12-16-9-28-29-10-16/h2-3,8-11,14,26-27H,4-7,12-13H2,1H3,(H,28,29)/p+1. The molecule has 5 heterocycles. The third-order valence-corrected chi connectivity index (χ3v) is 6.91. The first-order chi connectivity index (χ1) is 16.2. The SMILES string of the molecule is Cc1nc2c(-c3ccc4nn(Cc5cn[nH]c5)cc4c3Cl)c[nH]c2cc1CN1CC[NH2+]CC1. The number of nitrogens with zero attached hydrogens (tertiary/aromatic N) is 5. The fraction of sp³-hybridized carbons (Fsp3) is 0.292. The van der Waals surface area contributed by atoms with E-state index in [9.17, 15) is 0 Å². The number of hydrogen-bond acceptors (Lipinski definition) is 4. The second kappa shape index (κ2) is 8.30. The summed E-state index contributed by atoms with van der Waals surface area (Å²) in [5.41, 5.74) is 8.26. The molecule has 1 aliphatic rings. The van der Waals surface area contributed by atoms with Gasteiger partial charge in [0.2, 0.25) is 0 Å². The first-order valence-electron chi connectivity index (χ1n) is 11.3. The molecule has 1 fully saturated rings. The van der Waals surface area contributed by atoms with E-state index < -0.39 is 0 Å². The number of piperazine rings is 1. The van der Waals surface area contributed by atoms with Crippen LogP contribution in [0.1, 0.15) is 16.8 Å². The molecule has 1 saturated heterocycles. The Kier molecular flexibility index (Phi) is 5.13. The summed E-state index contributed by atoms with van der Waals surface area (Å²) in [6, 6.07) is 6.31. The fourth-order valence-corrected chi connectivity index (χ4v) is 5.01. The van der Waals surface area contributed by atoms with Gasteiger partial charge in [0.25, 0.3) is 0 Å². The fourth-order valence-electron chi connectivity index (χ4n) is 4.70. The number of benzene rings is 1. The van der Waals surface area contributed by atoms with Crippen LogP contribution >= 0.6 is 11.6 Å². The van der Waals surface area contributed by atoms with Crippen LogP contribution < -0.4 is 5.32 Å². The zero-order valence-electron chi connectivity index (χ0n) is 18.5. The largest absolute Gasteiger partial charge is 0.359 e. The van der Waals surface area contributed by atoms with Gasteiger partial charge in [-0.1, -0.05) is 17.7 Å². The summed E-state index contributed by atoms with van der Waals surface area (Å²) in [6.45, 7) is 8.27. The van der Waals surface area contributed by atoms with Gasteiger partial charge in [-0.05, 0) is 24.6 Å². The Morgan fingerprint density at radius 2 is 2.00 bits per heavy atom. The molecule has 4 aromatic heterocycles. The Balaban J connectivity index is 1.35. The molecule has 33 heavy (non-hydrogen) atoms. The molecule has 0 atom stereocenters. The molecule has 4 N–H and O–H groups in total. The molecule has 0 radical (unpaired) electrons. The smallest absolute Gasteiger partial charge is 0.0961 e. The van der Waals surface area contributed by atoms with Gasteiger partial charge in [-0.25, -0.2) is 0 Å². The summed E-state index contributed by atoms with van der Waals surface area (Å²) in [7, 11) is 0. The van der Waals surface area contributed by atoms with E-state index >= 15 is 0 Å². The lowest BCUT2D eigenvalue weighted by atomic mass is 10.0. The predicted molar refractivity (Wildman–Crippen MR) is 129 cm³/mol. The van der Waals surface area contributed by atoms with Gasteiger partial charge in [-0.2, -0.15) is 10.2 Å². The number of hydrogen-bond donors (Lipinski definition) is 3. The maximum absolute atomic E-state index is 6.91. The van der Waals surface area contributed by atoms with E-state index in [2.05, 4.69) is 43.5 Å². The van der Waals surface area contributed by atoms with Gasteiger partial charge >= 0.3 is 0 Å². The van der Waals surface area contributed by atoms with Gasteiger partial charge < -0.3 is 10.3 Å². The third kappa shape index (κ3) is 3.80. The number of nitrogens with one attached hydrogen (secondary N) is 2. The Labute approximate surface area is 196 Å². The van der Waals surface area contributed by atoms with Crippen LogP contribution in [0.4, 0.5) is 0 Å². The van der Waals surface area contributed by atoms with Crippen molar-refractivity contribution >= 4 is 33.5 Å². The van der Waals surface area contributed by atoms with Crippen molar-refractivity contribution in [3.05, 3.63) is 64.8 Å². The quantitative estimate of drug-likeness (QED) is 0.375. The van der Waals surface area contributed by atoms with Crippen LogP contribution in [0.5, 0.6) is 0 Å². The molecule has 0 amide bonds. The summed E-state index contributed by atoms with van der Waals surface area (Å²) in [4.78, 5) is 10.9. The zero-order chi connectivity index (χ0) is 22.4. The van der Waals surface area contributed by atoms with Crippen LogP contribution in [0.3, 0.4) is 0 Å². The average Bonchev–Trinajstić information content (AvgIpc) is 3.56. The summed E-state index contributed by atoms with van der Waals surface area (Å²) in [5, 5.41) is 15.5. The van der Waals surface area contributed by atoms with Crippen LogP contribution in [0.2, 0.25) is 5.02 Å². The number of quaternary nitrogens is 1. The number of aryl methyl sites for hydroxylation is 1. The Morgan fingerprint density at radius 3 is 2.82 bits per heavy atom. The maximum atomic E-state index is 6.91. The van der Waals surface area contributed by atoms with Crippen LogP contribution in [0.25, 0.3) is 33.1 Å². The number of aromatic nitrogens is 6. The van der Waals surface area contributed by atoms with E-state index in [0.717, 1.165) is 64.0 Å². The van der Waals surface area contributed by atoms with E-state index in [1.54, 1.807) is 6.20 Å². The minimum atomic E-state index is 0.641. The van der Waals surface area contributed by atoms with E-state index in [4.69, 9.17) is 16.6 Å². The molecule has 168 valence electrons. The second-order valence-electron chi connectivity index (χ2n) is 8.77. The average molecular weight is 462 g/mol. The van der Waals surface area contributed by atoms with Crippen molar-refractivity contribution in [2.75, 3.05) is 26.2 Å². The molecular formula is C24H26ClN8+. The number of pyridine rings is 1. The zero-order valence-corrected chi connectivity index (χ0v) is 19.2. The van der Waals surface area contributed by atoms with Crippen molar-refractivity contribution in [2.45, 2.75) is 20.0 Å². The number of fused-ring (bicyclic) bond motifs is 2. The lowest BCUT2D eigenvalue weighted by molar-refractivity contribution is -0.663. The highest BCUT2D eigenvalue weighted by Crippen LogP contribution is 2.37. The minimum Gasteiger partial charge on any atom is -0.359 e. The second-order valence-corrected chi connectivity index (χ2v) is 9.14.